The molecule has 1 amide bonds. The minimum Gasteiger partial charge on any atom is -0.464 e. The Morgan fingerprint density at radius 1 is 1.23 bits per heavy atom. The van der Waals surface area contributed by atoms with Crippen molar-refractivity contribution in [1.29, 1.82) is 0 Å². The molecule has 110 valence electrons. The van der Waals surface area contributed by atoms with Gasteiger partial charge in [-0.2, -0.15) is 0 Å². The van der Waals surface area contributed by atoms with E-state index < -0.39 is 11.7 Å². The van der Waals surface area contributed by atoms with Crippen LogP contribution in [0.2, 0.25) is 0 Å². The fourth-order valence-corrected chi connectivity index (χ4v) is 1.92. The standard InChI is InChI=1S/C15H11FN4O2/c16-10-8-9(12-2-1-7-22-12)3-4-11(10)20-15(21)13-14(17)19-6-5-18-13/h1-8H,(H2,17,19)(H,20,21). The lowest BCUT2D eigenvalue weighted by Gasteiger charge is -2.08. The lowest BCUT2D eigenvalue weighted by atomic mass is 10.1. The van der Waals surface area contributed by atoms with Crippen LogP contribution in [0.25, 0.3) is 11.3 Å². The Kier molecular flexibility index (Phi) is 3.53. The van der Waals surface area contributed by atoms with Crippen LogP contribution in [0.4, 0.5) is 15.9 Å². The van der Waals surface area contributed by atoms with Crippen LogP contribution in [0.15, 0.2) is 53.4 Å². The molecule has 2 aromatic heterocycles. The van der Waals surface area contributed by atoms with Gasteiger partial charge >= 0.3 is 0 Å². The average molecular weight is 298 g/mol. The van der Waals surface area contributed by atoms with Crippen LogP contribution in [0.1, 0.15) is 10.5 Å². The Hall–Kier alpha value is -3.22. The predicted octanol–water partition coefficient (Wildman–Crippen LogP) is 2.71. The molecule has 0 saturated carbocycles. The minimum absolute atomic E-state index is 0.0189. The summed E-state index contributed by atoms with van der Waals surface area (Å²) in [5, 5.41) is 2.41. The molecule has 3 N–H and O–H groups in total. The van der Waals surface area contributed by atoms with Crippen molar-refractivity contribution in [2.75, 3.05) is 11.1 Å². The Labute approximate surface area is 124 Å². The highest BCUT2D eigenvalue weighted by molar-refractivity contribution is 6.05. The number of nitrogens with two attached hydrogens (primary N) is 1. The zero-order chi connectivity index (χ0) is 15.5. The summed E-state index contributed by atoms with van der Waals surface area (Å²) in [5.74, 6) is -0.706. The van der Waals surface area contributed by atoms with E-state index in [1.54, 1.807) is 18.2 Å². The van der Waals surface area contributed by atoms with E-state index in [-0.39, 0.29) is 17.2 Å². The first kappa shape index (κ1) is 13.7. The molecule has 3 rings (SSSR count). The molecule has 0 fully saturated rings. The summed E-state index contributed by atoms with van der Waals surface area (Å²) in [6.45, 7) is 0. The van der Waals surface area contributed by atoms with E-state index in [2.05, 4.69) is 15.3 Å². The molecule has 0 aliphatic heterocycles. The molecule has 0 radical (unpaired) electrons. The van der Waals surface area contributed by atoms with E-state index in [0.717, 1.165) is 0 Å². The third-order valence-electron chi connectivity index (χ3n) is 2.96. The Morgan fingerprint density at radius 3 is 2.73 bits per heavy atom. The summed E-state index contributed by atoms with van der Waals surface area (Å²) in [7, 11) is 0. The number of nitrogens with one attached hydrogen (secondary N) is 1. The fourth-order valence-electron chi connectivity index (χ4n) is 1.92. The topological polar surface area (TPSA) is 94.0 Å². The van der Waals surface area contributed by atoms with Gasteiger partial charge in [0.1, 0.15) is 11.6 Å². The van der Waals surface area contributed by atoms with Crippen LogP contribution in [0.3, 0.4) is 0 Å². The van der Waals surface area contributed by atoms with E-state index >= 15 is 0 Å². The predicted molar refractivity (Wildman–Crippen MR) is 78.5 cm³/mol. The van der Waals surface area contributed by atoms with E-state index in [0.29, 0.717) is 11.3 Å². The molecule has 1 aromatic carbocycles. The van der Waals surface area contributed by atoms with Crippen molar-refractivity contribution < 1.29 is 13.6 Å². The SMILES string of the molecule is Nc1nccnc1C(=O)Nc1ccc(-c2ccco2)cc1F. The smallest absolute Gasteiger partial charge is 0.278 e. The molecular weight excluding hydrogens is 287 g/mol. The molecular formula is C15H11FN4O2. The third kappa shape index (κ3) is 2.64. The number of amides is 1. The van der Waals surface area contributed by atoms with Gasteiger partial charge in [-0.3, -0.25) is 4.79 Å². The summed E-state index contributed by atoms with van der Waals surface area (Å²) in [4.78, 5) is 19.6. The van der Waals surface area contributed by atoms with Crippen molar-refractivity contribution >= 4 is 17.4 Å². The first-order valence-electron chi connectivity index (χ1n) is 6.36. The van der Waals surface area contributed by atoms with E-state index in [9.17, 15) is 9.18 Å². The number of nitrogen functional groups attached to an aromatic ring is 1. The van der Waals surface area contributed by atoms with Gasteiger partial charge in [-0.25, -0.2) is 14.4 Å². The second kappa shape index (κ2) is 5.65. The highest BCUT2D eigenvalue weighted by atomic mass is 19.1. The van der Waals surface area contributed by atoms with E-state index in [1.807, 2.05) is 0 Å². The number of hydrogen-bond acceptors (Lipinski definition) is 5. The molecule has 0 spiro atoms. The van der Waals surface area contributed by atoms with Gasteiger partial charge in [0.2, 0.25) is 0 Å². The van der Waals surface area contributed by atoms with Crippen molar-refractivity contribution in [3.8, 4) is 11.3 Å². The van der Waals surface area contributed by atoms with Gasteiger partial charge in [-0.1, -0.05) is 0 Å². The second-order valence-electron chi connectivity index (χ2n) is 4.42. The molecule has 2 heterocycles. The molecule has 0 bridgehead atoms. The van der Waals surface area contributed by atoms with Gasteiger partial charge < -0.3 is 15.5 Å². The monoisotopic (exact) mass is 298 g/mol. The number of carbonyl (C=O) groups is 1. The van der Waals surface area contributed by atoms with Crippen molar-refractivity contribution in [3.05, 3.63) is 60.5 Å². The number of nitrogens with zero attached hydrogens (tertiary/aromatic N) is 2. The van der Waals surface area contributed by atoms with Crippen molar-refractivity contribution in [1.82, 2.24) is 9.97 Å². The summed E-state index contributed by atoms with van der Waals surface area (Å²) in [6.07, 6.45) is 4.20. The third-order valence-corrected chi connectivity index (χ3v) is 2.96. The molecule has 6 nitrogen and oxygen atoms in total. The maximum absolute atomic E-state index is 14.1. The first-order chi connectivity index (χ1) is 10.6. The second-order valence-corrected chi connectivity index (χ2v) is 4.42. The van der Waals surface area contributed by atoms with Crippen LogP contribution in [0.5, 0.6) is 0 Å². The lowest BCUT2D eigenvalue weighted by Crippen LogP contribution is -2.17. The van der Waals surface area contributed by atoms with Gasteiger partial charge in [0, 0.05) is 18.0 Å². The number of aromatic nitrogens is 2. The quantitative estimate of drug-likeness (QED) is 0.775. The van der Waals surface area contributed by atoms with Gasteiger partial charge in [0.25, 0.3) is 5.91 Å². The number of benzene rings is 1. The van der Waals surface area contributed by atoms with Crippen molar-refractivity contribution in [2.24, 2.45) is 0 Å². The average Bonchev–Trinajstić information content (AvgIpc) is 3.04. The fraction of sp³-hybridized carbons (Fsp3) is 0. The zero-order valence-electron chi connectivity index (χ0n) is 11.3. The summed E-state index contributed by atoms with van der Waals surface area (Å²) < 4.78 is 19.3. The van der Waals surface area contributed by atoms with Gasteiger partial charge in [-0.15, -0.1) is 0 Å². The Bertz CT molecular complexity index is 818. The summed E-state index contributed by atoms with van der Waals surface area (Å²) in [6, 6.07) is 7.77. The summed E-state index contributed by atoms with van der Waals surface area (Å²) >= 11 is 0. The van der Waals surface area contributed by atoms with Gasteiger partial charge in [0.05, 0.1) is 12.0 Å². The normalized spacial score (nSPS) is 10.4. The Balaban J connectivity index is 1.84. The van der Waals surface area contributed by atoms with Crippen LogP contribution < -0.4 is 11.1 Å². The highest BCUT2D eigenvalue weighted by Crippen LogP contribution is 2.25. The molecule has 22 heavy (non-hydrogen) atoms. The highest BCUT2D eigenvalue weighted by Gasteiger charge is 2.15. The van der Waals surface area contributed by atoms with Gasteiger partial charge in [0.15, 0.2) is 11.5 Å². The number of furan rings is 1. The Morgan fingerprint density at radius 2 is 2.05 bits per heavy atom. The molecule has 0 unspecified atom stereocenters. The molecule has 3 aromatic rings. The largest absolute Gasteiger partial charge is 0.464 e. The number of hydrogen-bond donors (Lipinski definition) is 2. The lowest BCUT2D eigenvalue weighted by molar-refractivity contribution is 0.102. The van der Waals surface area contributed by atoms with Crippen LogP contribution in [0, 0.1) is 5.82 Å². The van der Waals surface area contributed by atoms with Crippen molar-refractivity contribution in [2.45, 2.75) is 0 Å². The van der Waals surface area contributed by atoms with Gasteiger partial charge in [-0.05, 0) is 30.3 Å². The molecule has 0 saturated heterocycles. The molecule has 0 aliphatic rings. The van der Waals surface area contributed by atoms with Crippen molar-refractivity contribution in [3.63, 3.8) is 0 Å². The number of halogens is 1. The zero-order valence-corrected chi connectivity index (χ0v) is 11.3. The first-order valence-corrected chi connectivity index (χ1v) is 6.36. The van der Waals surface area contributed by atoms with Crippen LogP contribution in [-0.4, -0.2) is 15.9 Å². The molecule has 0 aliphatic carbocycles. The molecule has 0 atom stereocenters. The number of carbonyl (C=O) groups excluding carboxylic acids is 1. The maximum Gasteiger partial charge on any atom is 0.278 e. The maximum atomic E-state index is 14.1. The van der Waals surface area contributed by atoms with E-state index in [4.69, 9.17) is 10.2 Å². The summed E-state index contributed by atoms with van der Waals surface area (Å²) in [5.41, 5.74) is 6.09. The molecule has 7 heteroatoms. The minimum atomic E-state index is -0.629. The van der Waals surface area contributed by atoms with Crippen LogP contribution >= 0.6 is 0 Å². The number of rotatable bonds is 3. The van der Waals surface area contributed by atoms with Crippen LogP contribution in [-0.2, 0) is 0 Å². The number of anilines is 2. The van der Waals surface area contributed by atoms with E-state index in [1.165, 1.54) is 30.8 Å².